The number of benzene rings is 1. The molecule has 2 rings (SSSR count). The Hall–Kier alpha value is -1.11. The van der Waals surface area contributed by atoms with Crippen molar-refractivity contribution in [1.82, 2.24) is 0 Å². The molecule has 2 atom stereocenters. The van der Waals surface area contributed by atoms with E-state index < -0.39 is 0 Å². The summed E-state index contributed by atoms with van der Waals surface area (Å²) in [5.41, 5.74) is 7.25. The lowest BCUT2D eigenvalue weighted by Crippen LogP contribution is -2.27. The minimum Gasteiger partial charge on any atom is -0.384 e. The van der Waals surface area contributed by atoms with Gasteiger partial charge in [0.05, 0.1) is 5.69 Å². The summed E-state index contributed by atoms with van der Waals surface area (Å²) in [6.45, 7) is 1.57. The second-order valence-electron chi connectivity index (χ2n) is 4.53. The van der Waals surface area contributed by atoms with E-state index in [-0.39, 0.29) is 18.0 Å². The molecule has 1 aromatic rings. The number of hydrogen-bond donors (Lipinski definition) is 2. The van der Waals surface area contributed by atoms with E-state index in [4.69, 9.17) is 20.6 Å². The van der Waals surface area contributed by atoms with Crippen LogP contribution in [0, 0.1) is 5.41 Å². The molecule has 0 aromatic heterocycles. The van der Waals surface area contributed by atoms with E-state index >= 15 is 0 Å². The number of hydrogen-bond acceptors (Lipinski definition) is 4. The molecule has 1 saturated heterocycles. The number of nitrogens with zero attached hydrogens (tertiary/aromatic N) is 1. The van der Waals surface area contributed by atoms with E-state index in [0.29, 0.717) is 5.56 Å². The van der Waals surface area contributed by atoms with Crippen LogP contribution in [0.15, 0.2) is 22.7 Å². The second kappa shape index (κ2) is 5.90. The van der Waals surface area contributed by atoms with Gasteiger partial charge in [0.1, 0.15) is 18.0 Å². The van der Waals surface area contributed by atoms with Crippen molar-refractivity contribution in [2.75, 3.05) is 32.2 Å². The number of amidine groups is 1. The first-order chi connectivity index (χ1) is 9.06. The molecule has 19 heavy (non-hydrogen) atoms. The molecule has 0 amide bonds. The first-order valence-corrected chi connectivity index (χ1v) is 6.80. The van der Waals surface area contributed by atoms with Gasteiger partial charge in [-0.25, -0.2) is 0 Å². The van der Waals surface area contributed by atoms with Crippen LogP contribution in [0.25, 0.3) is 0 Å². The summed E-state index contributed by atoms with van der Waals surface area (Å²) in [7, 11) is 3.40. The molecule has 1 aliphatic heterocycles. The lowest BCUT2D eigenvalue weighted by Gasteiger charge is -2.20. The van der Waals surface area contributed by atoms with Crippen LogP contribution in [0.4, 0.5) is 5.69 Å². The summed E-state index contributed by atoms with van der Waals surface area (Å²) >= 11 is 3.53. The second-order valence-corrected chi connectivity index (χ2v) is 5.39. The molecule has 1 aromatic carbocycles. The molecule has 0 saturated carbocycles. The summed E-state index contributed by atoms with van der Waals surface area (Å²) in [5, 5.41) is 7.44. The normalized spacial score (nSPS) is 22.8. The molecule has 1 aliphatic rings. The highest BCUT2D eigenvalue weighted by molar-refractivity contribution is 9.10. The van der Waals surface area contributed by atoms with Gasteiger partial charge in [-0.05, 0) is 34.1 Å². The SMILES string of the molecule is COC1CN(c2ccc(C(=N)N)cc2Br)CC1OC. The zero-order valence-corrected chi connectivity index (χ0v) is 12.6. The molecule has 1 heterocycles. The van der Waals surface area contributed by atoms with Gasteiger partial charge in [-0.2, -0.15) is 0 Å². The Morgan fingerprint density at radius 3 is 2.32 bits per heavy atom. The van der Waals surface area contributed by atoms with Crippen molar-refractivity contribution < 1.29 is 9.47 Å². The predicted molar refractivity (Wildman–Crippen MR) is 79.0 cm³/mol. The first kappa shape index (κ1) is 14.3. The van der Waals surface area contributed by atoms with E-state index in [1.807, 2.05) is 18.2 Å². The van der Waals surface area contributed by atoms with Crippen LogP contribution in [-0.2, 0) is 9.47 Å². The summed E-state index contributed by atoms with van der Waals surface area (Å²) in [5.74, 6) is 0.0678. The smallest absolute Gasteiger partial charge is 0.122 e. The molecular weight excluding hydrogens is 310 g/mol. The van der Waals surface area contributed by atoms with Crippen molar-refractivity contribution in [3.8, 4) is 0 Å². The molecule has 0 aliphatic carbocycles. The molecule has 6 heteroatoms. The van der Waals surface area contributed by atoms with E-state index in [1.165, 1.54) is 0 Å². The van der Waals surface area contributed by atoms with Crippen molar-refractivity contribution in [2.24, 2.45) is 5.73 Å². The molecule has 0 bridgehead atoms. The Bertz CT molecular complexity index is 469. The number of nitrogens with two attached hydrogens (primary N) is 1. The first-order valence-electron chi connectivity index (χ1n) is 6.01. The fraction of sp³-hybridized carbons (Fsp3) is 0.462. The standard InChI is InChI=1S/C13H18BrN3O2/c1-18-11-6-17(7-12(11)19-2)10-4-3-8(13(15)16)5-9(10)14/h3-5,11-12H,6-7H2,1-2H3,(H3,15,16). The monoisotopic (exact) mass is 327 g/mol. The number of ether oxygens (including phenoxy) is 2. The molecule has 1 fully saturated rings. The Labute approximate surface area is 121 Å². The van der Waals surface area contributed by atoms with Crippen LogP contribution in [0.3, 0.4) is 0 Å². The van der Waals surface area contributed by atoms with Crippen molar-refractivity contribution in [1.29, 1.82) is 5.41 Å². The third kappa shape index (κ3) is 2.91. The minimum atomic E-state index is 0.0678. The Morgan fingerprint density at radius 2 is 1.89 bits per heavy atom. The molecule has 0 spiro atoms. The summed E-state index contributed by atoms with van der Waals surface area (Å²) in [6.07, 6.45) is 0.147. The molecule has 104 valence electrons. The van der Waals surface area contributed by atoms with Crippen LogP contribution < -0.4 is 10.6 Å². The molecular formula is C13H18BrN3O2. The highest BCUT2D eigenvalue weighted by atomic mass is 79.9. The van der Waals surface area contributed by atoms with Gasteiger partial charge >= 0.3 is 0 Å². The summed E-state index contributed by atoms with van der Waals surface area (Å²) in [4.78, 5) is 2.20. The van der Waals surface area contributed by atoms with Gasteiger partial charge in [-0.3, -0.25) is 5.41 Å². The number of nitrogens with one attached hydrogen (secondary N) is 1. The molecule has 2 unspecified atom stereocenters. The van der Waals surface area contributed by atoms with E-state index in [2.05, 4.69) is 20.8 Å². The van der Waals surface area contributed by atoms with Crippen LogP contribution in [0.2, 0.25) is 0 Å². The van der Waals surface area contributed by atoms with Gasteiger partial charge in [-0.1, -0.05) is 0 Å². The molecule has 3 N–H and O–H groups in total. The third-order valence-corrected chi connectivity index (χ3v) is 4.06. The van der Waals surface area contributed by atoms with E-state index in [1.54, 1.807) is 14.2 Å². The third-order valence-electron chi connectivity index (χ3n) is 3.42. The van der Waals surface area contributed by atoms with Crippen LogP contribution in [0.5, 0.6) is 0 Å². The number of halogens is 1. The zero-order valence-electron chi connectivity index (χ0n) is 11.0. The lowest BCUT2D eigenvalue weighted by molar-refractivity contribution is -0.00461. The fourth-order valence-electron chi connectivity index (χ4n) is 2.32. The predicted octanol–water partition coefficient (Wildman–Crippen LogP) is 1.58. The number of anilines is 1. The highest BCUT2D eigenvalue weighted by Crippen LogP contribution is 2.31. The average Bonchev–Trinajstić information content (AvgIpc) is 2.81. The quantitative estimate of drug-likeness (QED) is 0.650. The van der Waals surface area contributed by atoms with Crippen molar-refractivity contribution in [3.05, 3.63) is 28.2 Å². The summed E-state index contributed by atoms with van der Waals surface area (Å²) in [6, 6.07) is 5.68. The maximum atomic E-state index is 7.44. The van der Waals surface area contributed by atoms with Crippen LogP contribution in [0.1, 0.15) is 5.56 Å². The Kier molecular flexibility index (Phi) is 4.44. The lowest BCUT2D eigenvalue weighted by atomic mass is 10.2. The topological polar surface area (TPSA) is 71.6 Å². The Balaban J connectivity index is 2.21. The highest BCUT2D eigenvalue weighted by Gasteiger charge is 2.33. The van der Waals surface area contributed by atoms with Gasteiger partial charge in [0.25, 0.3) is 0 Å². The van der Waals surface area contributed by atoms with Gasteiger partial charge < -0.3 is 20.1 Å². The average molecular weight is 328 g/mol. The van der Waals surface area contributed by atoms with Crippen molar-refractivity contribution in [2.45, 2.75) is 12.2 Å². The van der Waals surface area contributed by atoms with Gasteiger partial charge in [0.15, 0.2) is 0 Å². The summed E-state index contributed by atoms with van der Waals surface area (Å²) < 4.78 is 11.8. The van der Waals surface area contributed by atoms with Crippen LogP contribution in [-0.4, -0.2) is 45.4 Å². The van der Waals surface area contributed by atoms with Crippen LogP contribution >= 0.6 is 15.9 Å². The van der Waals surface area contributed by atoms with Gasteiger partial charge in [0, 0.05) is 37.3 Å². The molecule has 0 radical (unpaired) electrons. The number of methoxy groups -OCH3 is 2. The number of nitrogen functional groups attached to an aromatic ring is 1. The Morgan fingerprint density at radius 1 is 1.32 bits per heavy atom. The van der Waals surface area contributed by atoms with E-state index in [9.17, 15) is 0 Å². The van der Waals surface area contributed by atoms with Gasteiger partial charge in [0.2, 0.25) is 0 Å². The van der Waals surface area contributed by atoms with Crippen molar-refractivity contribution in [3.63, 3.8) is 0 Å². The zero-order chi connectivity index (χ0) is 14.0. The van der Waals surface area contributed by atoms with Gasteiger partial charge in [-0.15, -0.1) is 0 Å². The fourth-order valence-corrected chi connectivity index (χ4v) is 2.95. The largest absolute Gasteiger partial charge is 0.384 e. The number of rotatable bonds is 4. The minimum absolute atomic E-state index is 0.0678. The molecule has 5 nitrogen and oxygen atoms in total. The maximum Gasteiger partial charge on any atom is 0.122 e. The maximum absolute atomic E-state index is 7.44. The van der Waals surface area contributed by atoms with E-state index in [0.717, 1.165) is 23.2 Å². The van der Waals surface area contributed by atoms with Crippen molar-refractivity contribution >= 4 is 27.5 Å².